The van der Waals surface area contributed by atoms with Crippen LogP contribution in [0.3, 0.4) is 0 Å². The first-order valence-corrected chi connectivity index (χ1v) is 7.89. The minimum atomic E-state index is 0.136. The Morgan fingerprint density at radius 1 is 1.11 bits per heavy atom. The summed E-state index contributed by atoms with van der Waals surface area (Å²) in [5.74, 6) is 0.242. The van der Waals surface area contributed by atoms with Crippen LogP contribution in [0, 0.1) is 0 Å². The monoisotopic (exact) mass is 270 g/mol. The predicted octanol–water partition coefficient (Wildman–Crippen LogP) is 1.87. The number of aliphatic hydroxyl groups excluding tert-OH is 1. The Labute approximate surface area is 117 Å². The summed E-state index contributed by atoms with van der Waals surface area (Å²) in [4.78, 5) is 16.4. The van der Waals surface area contributed by atoms with Gasteiger partial charge >= 0.3 is 0 Å². The smallest absolute Gasteiger partial charge is 0.236 e. The molecule has 1 heterocycles. The van der Waals surface area contributed by atoms with Gasteiger partial charge in [-0.2, -0.15) is 0 Å². The molecule has 1 aliphatic heterocycles. The molecule has 4 nitrogen and oxygen atoms in total. The molecule has 0 saturated carbocycles. The highest BCUT2D eigenvalue weighted by molar-refractivity contribution is 5.78. The number of carbonyl (C=O) groups excluding carboxylic acids is 1. The van der Waals surface area contributed by atoms with Gasteiger partial charge in [-0.15, -0.1) is 0 Å². The Balaban J connectivity index is 2.39. The van der Waals surface area contributed by atoms with Gasteiger partial charge in [0.2, 0.25) is 5.91 Å². The summed E-state index contributed by atoms with van der Waals surface area (Å²) in [5, 5.41) is 9.07. The van der Waals surface area contributed by atoms with Crippen molar-refractivity contribution < 1.29 is 9.90 Å². The lowest BCUT2D eigenvalue weighted by Crippen LogP contribution is -2.42. The zero-order chi connectivity index (χ0) is 13.9. The van der Waals surface area contributed by atoms with Crippen LogP contribution in [-0.2, 0) is 4.79 Å². The molecule has 4 heteroatoms. The Morgan fingerprint density at radius 2 is 1.74 bits per heavy atom. The largest absolute Gasteiger partial charge is 0.395 e. The van der Waals surface area contributed by atoms with Crippen LogP contribution in [0.1, 0.15) is 51.9 Å². The Hall–Kier alpha value is -0.610. The van der Waals surface area contributed by atoms with E-state index >= 15 is 0 Å². The molecular formula is C15H30N2O2. The molecule has 19 heavy (non-hydrogen) atoms. The molecule has 0 aromatic heterocycles. The lowest BCUT2D eigenvalue weighted by molar-refractivity contribution is -0.132. The molecule has 1 saturated heterocycles. The summed E-state index contributed by atoms with van der Waals surface area (Å²) in [5.41, 5.74) is 0. The van der Waals surface area contributed by atoms with Crippen molar-refractivity contribution >= 4 is 5.91 Å². The molecule has 0 aromatic rings. The fourth-order valence-electron chi connectivity index (χ4n) is 2.58. The second-order valence-electron chi connectivity index (χ2n) is 5.50. The first kappa shape index (κ1) is 16.4. The summed E-state index contributed by atoms with van der Waals surface area (Å²) in [6.07, 6.45) is 8.31. The van der Waals surface area contributed by atoms with Crippen molar-refractivity contribution in [2.24, 2.45) is 0 Å². The molecule has 1 aliphatic rings. The van der Waals surface area contributed by atoms with Crippen molar-refractivity contribution in [1.29, 1.82) is 0 Å². The van der Waals surface area contributed by atoms with Crippen LogP contribution < -0.4 is 0 Å². The molecule has 1 rings (SSSR count). The van der Waals surface area contributed by atoms with Crippen LogP contribution >= 0.6 is 0 Å². The lowest BCUT2D eigenvalue weighted by atomic mass is 10.1. The number of nitrogens with zero attached hydrogens (tertiary/aromatic N) is 2. The first-order chi connectivity index (χ1) is 9.27. The molecule has 0 radical (unpaired) electrons. The normalized spacial score (nSPS) is 17.3. The zero-order valence-corrected chi connectivity index (χ0v) is 12.4. The summed E-state index contributed by atoms with van der Waals surface area (Å²) in [6.45, 7) is 6.12. The first-order valence-electron chi connectivity index (χ1n) is 7.89. The number of unbranched alkanes of at least 4 members (excludes halogenated alkanes) is 1. The Kier molecular flexibility index (Phi) is 8.84. The highest BCUT2D eigenvalue weighted by Gasteiger charge is 2.17. The number of likely N-dealkylation sites (tertiary alicyclic amines) is 1. The van der Waals surface area contributed by atoms with E-state index in [0.29, 0.717) is 13.1 Å². The number of carbonyl (C=O) groups is 1. The van der Waals surface area contributed by atoms with E-state index < -0.39 is 0 Å². The van der Waals surface area contributed by atoms with Crippen molar-refractivity contribution in [2.75, 3.05) is 39.3 Å². The molecule has 0 bridgehead atoms. The third-order valence-corrected chi connectivity index (χ3v) is 3.81. The standard InChI is InChI=1S/C15H30N2O2/c1-2-3-9-16(12-13-18)14-15(19)17-10-7-5-4-6-8-11-17/h18H,2-14H2,1H3. The number of hydrogen-bond acceptors (Lipinski definition) is 3. The molecule has 0 spiro atoms. The summed E-state index contributed by atoms with van der Waals surface area (Å²) in [7, 11) is 0. The SMILES string of the molecule is CCCCN(CCO)CC(=O)N1CCCCCCC1. The fourth-order valence-corrected chi connectivity index (χ4v) is 2.58. The molecule has 0 atom stereocenters. The Bertz CT molecular complexity index is 238. The van der Waals surface area contributed by atoms with E-state index in [1.165, 1.54) is 19.3 Å². The van der Waals surface area contributed by atoms with E-state index in [-0.39, 0.29) is 12.5 Å². The van der Waals surface area contributed by atoms with E-state index in [2.05, 4.69) is 11.8 Å². The molecule has 0 aliphatic carbocycles. The number of amides is 1. The maximum atomic E-state index is 12.3. The molecule has 0 unspecified atom stereocenters. The van der Waals surface area contributed by atoms with E-state index in [9.17, 15) is 4.79 Å². The van der Waals surface area contributed by atoms with Crippen LogP contribution in [0.4, 0.5) is 0 Å². The van der Waals surface area contributed by atoms with Crippen molar-refractivity contribution in [3.63, 3.8) is 0 Å². The highest BCUT2D eigenvalue weighted by atomic mass is 16.3. The van der Waals surface area contributed by atoms with Crippen molar-refractivity contribution in [2.45, 2.75) is 51.9 Å². The van der Waals surface area contributed by atoms with Crippen LogP contribution in [0.2, 0.25) is 0 Å². The van der Waals surface area contributed by atoms with Crippen molar-refractivity contribution in [3.05, 3.63) is 0 Å². The number of rotatable bonds is 7. The maximum Gasteiger partial charge on any atom is 0.236 e. The van der Waals surface area contributed by atoms with Crippen LogP contribution in [-0.4, -0.2) is 60.1 Å². The predicted molar refractivity (Wildman–Crippen MR) is 78.1 cm³/mol. The Morgan fingerprint density at radius 3 is 2.32 bits per heavy atom. The van der Waals surface area contributed by atoms with Gasteiger partial charge in [0.15, 0.2) is 0 Å². The third kappa shape index (κ3) is 6.92. The van der Waals surface area contributed by atoms with Gasteiger partial charge in [0.1, 0.15) is 0 Å². The van der Waals surface area contributed by atoms with E-state index in [0.717, 1.165) is 45.3 Å². The van der Waals surface area contributed by atoms with Crippen LogP contribution in [0.15, 0.2) is 0 Å². The zero-order valence-electron chi connectivity index (χ0n) is 12.4. The second kappa shape index (κ2) is 10.2. The second-order valence-corrected chi connectivity index (χ2v) is 5.50. The third-order valence-electron chi connectivity index (χ3n) is 3.81. The van der Waals surface area contributed by atoms with Crippen molar-refractivity contribution in [1.82, 2.24) is 9.80 Å². The molecule has 1 amide bonds. The topological polar surface area (TPSA) is 43.8 Å². The quantitative estimate of drug-likeness (QED) is 0.768. The van der Waals surface area contributed by atoms with Gasteiger partial charge in [0, 0.05) is 19.6 Å². The minimum absolute atomic E-state index is 0.136. The summed E-state index contributed by atoms with van der Waals surface area (Å²) < 4.78 is 0. The van der Waals surface area contributed by atoms with Crippen LogP contribution in [0.25, 0.3) is 0 Å². The average Bonchev–Trinajstić information content (AvgIpc) is 2.35. The van der Waals surface area contributed by atoms with E-state index in [4.69, 9.17) is 5.11 Å². The van der Waals surface area contributed by atoms with Gasteiger partial charge < -0.3 is 10.0 Å². The number of aliphatic hydroxyl groups is 1. The average molecular weight is 270 g/mol. The lowest BCUT2D eigenvalue weighted by Gasteiger charge is -2.28. The summed E-state index contributed by atoms with van der Waals surface area (Å²) >= 11 is 0. The highest BCUT2D eigenvalue weighted by Crippen LogP contribution is 2.11. The minimum Gasteiger partial charge on any atom is -0.395 e. The fraction of sp³-hybridized carbons (Fsp3) is 0.933. The van der Waals surface area contributed by atoms with E-state index in [1.54, 1.807) is 0 Å². The van der Waals surface area contributed by atoms with Gasteiger partial charge in [0.05, 0.1) is 13.2 Å². The molecule has 0 aromatic carbocycles. The van der Waals surface area contributed by atoms with Gasteiger partial charge in [-0.25, -0.2) is 0 Å². The maximum absolute atomic E-state index is 12.3. The molecule has 1 fully saturated rings. The molecule has 1 N–H and O–H groups in total. The molecule has 112 valence electrons. The van der Waals surface area contributed by atoms with Crippen molar-refractivity contribution in [3.8, 4) is 0 Å². The van der Waals surface area contributed by atoms with E-state index in [1.807, 2.05) is 4.90 Å². The number of hydrogen-bond donors (Lipinski definition) is 1. The van der Waals surface area contributed by atoms with Gasteiger partial charge in [-0.3, -0.25) is 9.69 Å². The molecular weight excluding hydrogens is 240 g/mol. The summed E-state index contributed by atoms with van der Waals surface area (Å²) in [6, 6.07) is 0. The van der Waals surface area contributed by atoms with Crippen LogP contribution in [0.5, 0.6) is 0 Å². The van der Waals surface area contributed by atoms with Gasteiger partial charge in [0.25, 0.3) is 0 Å². The van der Waals surface area contributed by atoms with Gasteiger partial charge in [-0.05, 0) is 25.8 Å². The van der Waals surface area contributed by atoms with Gasteiger partial charge in [-0.1, -0.05) is 32.6 Å².